The molecule has 1 aliphatic heterocycles. The van der Waals surface area contributed by atoms with Gasteiger partial charge >= 0.3 is 17.9 Å². The van der Waals surface area contributed by atoms with E-state index in [1.807, 2.05) is 0 Å². The molecule has 0 radical (unpaired) electrons. The molecule has 10 nitrogen and oxygen atoms in total. The lowest BCUT2D eigenvalue weighted by molar-refractivity contribution is -0.264. The molecule has 0 aromatic heterocycles. The minimum absolute atomic E-state index is 0.338. The lowest BCUT2D eigenvalue weighted by Gasteiger charge is -2.43. The van der Waals surface area contributed by atoms with Gasteiger partial charge in [0.25, 0.3) is 0 Å². The molecule has 136 valence electrons. The summed E-state index contributed by atoms with van der Waals surface area (Å²) in [6.45, 7) is 4.28. The molecule has 0 bridgehead atoms. The Labute approximate surface area is 138 Å². The maximum Gasteiger partial charge on any atom is 0.303 e. The van der Waals surface area contributed by atoms with Crippen LogP contribution in [-0.2, 0) is 38.1 Å². The Morgan fingerprint density at radius 2 is 1.50 bits per heavy atom. The molecule has 2 N–H and O–H groups in total. The largest absolute Gasteiger partial charge is 0.463 e. The van der Waals surface area contributed by atoms with Crippen molar-refractivity contribution in [3.05, 3.63) is 0 Å². The SMILES string of the molecule is CC(=O)N[C@H]1[C@H](OC(C)=O)[C@@H](OC(C)=O)[C@@H](COC(C)=O)O[C@H]1O. The number of hydrogen-bond acceptors (Lipinski definition) is 9. The molecule has 10 heteroatoms. The van der Waals surface area contributed by atoms with Crippen LogP contribution in [0.3, 0.4) is 0 Å². The smallest absolute Gasteiger partial charge is 0.303 e. The summed E-state index contributed by atoms with van der Waals surface area (Å²) < 4.78 is 20.3. The molecule has 1 amide bonds. The third-order valence-corrected chi connectivity index (χ3v) is 3.09. The van der Waals surface area contributed by atoms with Crippen molar-refractivity contribution in [2.45, 2.75) is 58.3 Å². The number of hydrogen-bond donors (Lipinski definition) is 2. The molecule has 1 heterocycles. The van der Waals surface area contributed by atoms with Crippen LogP contribution in [0.25, 0.3) is 0 Å². The van der Waals surface area contributed by atoms with Gasteiger partial charge in [-0.3, -0.25) is 19.2 Å². The zero-order chi connectivity index (χ0) is 18.4. The second-order valence-corrected chi connectivity index (χ2v) is 5.24. The molecule has 1 saturated heterocycles. The van der Waals surface area contributed by atoms with Gasteiger partial charge in [-0.15, -0.1) is 0 Å². The van der Waals surface area contributed by atoms with E-state index in [0.717, 1.165) is 13.8 Å². The Morgan fingerprint density at radius 1 is 0.958 bits per heavy atom. The van der Waals surface area contributed by atoms with Crippen LogP contribution in [0, 0.1) is 0 Å². The summed E-state index contributed by atoms with van der Waals surface area (Å²) >= 11 is 0. The van der Waals surface area contributed by atoms with Gasteiger partial charge in [-0.25, -0.2) is 0 Å². The van der Waals surface area contributed by atoms with E-state index in [9.17, 15) is 24.3 Å². The van der Waals surface area contributed by atoms with Crippen molar-refractivity contribution >= 4 is 23.8 Å². The number of rotatable bonds is 5. The molecular formula is C14H21NO9. The molecule has 0 aromatic carbocycles. The predicted octanol–water partition coefficient (Wildman–Crippen LogP) is -1.37. The fourth-order valence-electron chi connectivity index (χ4n) is 2.31. The van der Waals surface area contributed by atoms with Crippen LogP contribution in [-0.4, -0.2) is 66.2 Å². The van der Waals surface area contributed by atoms with Crippen LogP contribution >= 0.6 is 0 Å². The van der Waals surface area contributed by atoms with Crippen molar-refractivity contribution in [1.82, 2.24) is 5.32 Å². The molecule has 0 aromatic rings. The van der Waals surface area contributed by atoms with Crippen molar-refractivity contribution in [2.24, 2.45) is 0 Å². The Hall–Kier alpha value is -2.20. The van der Waals surface area contributed by atoms with Crippen LogP contribution in [0.1, 0.15) is 27.7 Å². The van der Waals surface area contributed by atoms with Crippen LogP contribution in [0.5, 0.6) is 0 Å². The summed E-state index contributed by atoms with van der Waals surface area (Å²) in [5.74, 6) is -2.54. The fraction of sp³-hybridized carbons (Fsp3) is 0.714. The predicted molar refractivity (Wildman–Crippen MR) is 76.2 cm³/mol. The van der Waals surface area contributed by atoms with E-state index in [0.29, 0.717) is 0 Å². The summed E-state index contributed by atoms with van der Waals surface area (Å²) in [5, 5.41) is 12.5. The monoisotopic (exact) mass is 347 g/mol. The molecule has 1 fully saturated rings. The average Bonchev–Trinajstić information content (AvgIpc) is 2.42. The number of amides is 1. The molecule has 1 aliphatic rings. The van der Waals surface area contributed by atoms with Gasteiger partial charge in [0.05, 0.1) is 0 Å². The molecule has 0 saturated carbocycles. The van der Waals surface area contributed by atoms with Crippen molar-refractivity contribution < 1.29 is 43.2 Å². The Balaban J connectivity index is 3.11. The van der Waals surface area contributed by atoms with Gasteiger partial charge in [0.2, 0.25) is 5.91 Å². The zero-order valence-corrected chi connectivity index (χ0v) is 13.8. The average molecular weight is 347 g/mol. The minimum atomic E-state index is -1.56. The molecular weight excluding hydrogens is 326 g/mol. The number of nitrogens with one attached hydrogen (secondary N) is 1. The summed E-state index contributed by atoms with van der Waals surface area (Å²) in [6.07, 6.45) is -5.06. The molecule has 1 rings (SSSR count). The third kappa shape index (κ3) is 5.78. The maximum absolute atomic E-state index is 11.4. The van der Waals surface area contributed by atoms with E-state index >= 15 is 0 Å². The van der Waals surface area contributed by atoms with E-state index in [1.54, 1.807) is 0 Å². The quantitative estimate of drug-likeness (QED) is 0.456. The van der Waals surface area contributed by atoms with Crippen molar-refractivity contribution in [3.8, 4) is 0 Å². The van der Waals surface area contributed by atoms with Crippen LogP contribution in [0.2, 0.25) is 0 Å². The second kappa shape index (κ2) is 8.60. The van der Waals surface area contributed by atoms with Crippen molar-refractivity contribution in [2.75, 3.05) is 6.61 Å². The van der Waals surface area contributed by atoms with Gasteiger partial charge in [-0.1, -0.05) is 0 Å². The van der Waals surface area contributed by atoms with E-state index < -0.39 is 54.5 Å². The number of aliphatic hydroxyl groups excluding tert-OH is 1. The second-order valence-electron chi connectivity index (χ2n) is 5.24. The highest BCUT2D eigenvalue weighted by Crippen LogP contribution is 2.26. The van der Waals surface area contributed by atoms with Gasteiger partial charge in [0, 0.05) is 27.7 Å². The van der Waals surface area contributed by atoms with Gasteiger partial charge in [0.1, 0.15) is 18.8 Å². The highest BCUT2D eigenvalue weighted by Gasteiger charge is 2.50. The van der Waals surface area contributed by atoms with E-state index in [-0.39, 0.29) is 6.61 Å². The maximum atomic E-state index is 11.4. The minimum Gasteiger partial charge on any atom is -0.463 e. The Kier molecular flexibility index (Phi) is 7.11. The number of ether oxygens (including phenoxy) is 4. The first-order valence-corrected chi connectivity index (χ1v) is 7.20. The molecule has 5 atom stereocenters. The number of aliphatic hydroxyl groups is 1. The lowest BCUT2D eigenvalue weighted by Crippen LogP contribution is -2.66. The number of carbonyl (C=O) groups is 4. The van der Waals surface area contributed by atoms with E-state index in [2.05, 4.69) is 5.32 Å². The topological polar surface area (TPSA) is 137 Å². The highest BCUT2D eigenvalue weighted by atomic mass is 16.7. The van der Waals surface area contributed by atoms with Gasteiger partial charge in [-0.2, -0.15) is 0 Å². The summed E-state index contributed by atoms with van der Waals surface area (Å²) in [5.41, 5.74) is 0. The first-order valence-electron chi connectivity index (χ1n) is 7.20. The fourth-order valence-corrected chi connectivity index (χ4v) is 2.31. The summed E-state index contributed by atoms with van der Waals surface area (Å²) in [6, 6.07) is -1.16. The van der Waals surface area contributed by atoms with E-state index in [1.165, 1.54) is 13.8 Å². The van der Waals surface area contributed by atoms with Crippen LogP contribution in [0.15, 0.2) is 0 Å². The first kappa shape index (κ1) is 19.8. The van der Waals surface area contributed by atoms with Crippen LogP contribution < -0.4 is 5.32 Å². The normalized spacial score (nSPS) is 29.3. The Morgan fingerprint density at radius 3 is 1.96 bits per heavy atom. The highest BCUT2D eigenvalue weighted by molar-refractivity contribution is 5.73. The molecule has 24 heavy (non-hydrogen) atoms. The van der Waals surface area contributed by atoms with E-state index in [4.69, 9.17) is 18.9 Å². The lowest BCUT2D eigenvalue weighted by atomic mass is 9.96. The van der Waals surface area contributed by atoms with Gasteiger partial charge < -0.3 is 29.4 Å². The summed E-state index contributed by atoms with van der Waals surface area (Å²) in [7, 11) is 0. The Bertz CT molecular complexity index is 506. The number of esters is 3. The standard InChI is InChI=1S/C14H21NO9/c1-6(16)15-11-13(23-9(4)19)12(22-8(3)18)10(24-14(11)20)5-21-7(2)17/h10-14,20H,5H2,1-4H3,(H,15,16)/t10-,11+,12+,13+,14-/m1/s1. The van der Waals surface area contributed by atoms with Gasteiger partial charge in [0.15, 0.2) is 18.5 Å². The zero-order valence-electron chi connectivity index (χ0n) is 13.8. The number of carbonyl (C=O) groups excluding carboxylic acids is 4. The van der Waals surface area contributed by atoms with Crippen molar-refractivity contribution in [1.29, 1.82) is 0 Å². The van der Waals surface area contributed by atoms with Gasteiger partial charge in [-0.05, 0) is 0 Å². The molecule has 0 aliphatic carbocycles. The first-order chi connectivity index (χ1) is 11.1. The molecule has 0 spiro atoms. The summed E-state index contributed by atoms with van der Waals surface area (Å²) in [4.78, 5) is 45.0. The van der Waals surface area contributed by atoms with Crippen molar-refractivity contribution in [3.63, 3.8) is 0 Å². The third-order valence-electron chi connectivity index (χ3n) is 3.09. The molecule has 0 unspecified atom stereocenters. The van der Waals surface area contributed by atoms with Crippen LogP contribution in [0.4, 0.5) is 0 Å².